The van der Waals surface area contributed by atoms with Crippen molar-refractivity contribution in [1.29, 1.82) is 0 Å². The number of nitrogens with zero attached hydrogens (tertiary/aromatic N) is 4. The van der Waals surface area contributed by atoms with Gasteiger partial charge < -0.3 is 24.0 Å². The van der Waals surface area contributed by atoms with Crippen molar-refractivity contribution in [1.82, 2.24) is 19.6 Å². The van der Waals surface area contributed by atoms with E-state index in [2.05, 4.69) is 28.5 Å². The number of ether oxygens (including phenoxy) is 3. The number of piperazine rings is 1. The number of carbonyl (C=O) groups is 3. The quantitative estimate of drug-likeness (QED) is 0.288. The summed E-state index contributed by atoms with van der Waals surface area (Å²) in [6, 6.07) is 0.600. The van der Waals surface area contributed by atoms with Gasteiger partial charge in [-0.3, -0.25) is 19.4 Å². The molecule has 36 heavy (non-hydrogen) atoms. The molecule has 3 heterocycles. The fourth-order valence-electron chi connectivity index (χ4n) is 5.52. The van der Waals surface area contributed by atoms with E-state index in [4.69, 9.17) is 14.2 Å². The van der Waals surface area contributed by atoms with Gasteiger partial charge in [0.15, 0.2) is 0 Å². The molecule has 3 fully saturated rings. The fourth-order valence-corrected chi connectivity index (χ4v) is 5.52. The molecule has 0 aromatic heterocycles. The minimum absolute atomic E-state index is 0.0478. The Hall–Kier alpha value is -1.91. The zero-order valence-electron chi connectivity index (χ0n) is 22.7. The first-order valence-corrected chi connectivity index (χ1v) is 13.7. The summed E-state index contributed by atoms with van der Waals surface area (Å²) in [5, 5.41) is 0. The second kappa shape index (κ2) is 13.6. The van der Waals surface area contributed by atoms with E-state index in [0.29, 0.717) is 58.2 Å². The number of amides is 1. The first kappa shape index (κ1) is 28.7. The van der Waals surface area contributed by atoms with Crippen LogP contribution in [0.4, 0.5) is 4.79 Å². The lowest BCUT2D eigenvalue weighted by atomic mass is 9.75. The molecule has 3 aliphatic heterocycles. The normalized spacial score (nSPS) is 23.6. The van der Waals surface area contributed by atoms with Gasteiger partial charge in [0, 0.05) is 45.3 Å². The molecule has 3 rings (SSSR count). The van der Waals surface area contributed by atoms with Crippen LogP contribution >= 0.6 is 0 Å². The van der Waals surface area contributed by atoms with Crippen LogP contribution < -0.4 is 0 Å². The van der Waals surface area contributed by atoms with E-state index >= 15 is 0 Å². The Morgan fingerprint density at radius 3 is 2.25 bits per heavy atom. The SMILES string of the molecule is CCOC(=O)CC1(C(=O)OCC)CCN(CC2CN(CCCN3CCN(C(C)C)CC3)C(=O)O2)CC1. The van der Waals surface area contributed by atoms with E-state index in [1.807, 2.05) is 4.90 Å². The van der Waals surface area contributed by atoms with E-state index in [1.165, 1.54) is 0 Å². The van der Waals surface area contributed by atoms with Crippen molar-refractivity contribution < 1.29 is 28.6 Å². The fraction of sp³-hybridized carbons (Fsp3) is 0.885. The van der Waals surface area contributed by atoms with Crippen molar-refractivity contribution in [3.63, 3.8) is 0 Å². The largest absolute Gasteiger partial charge is 0.466 e. The number of cyclic esters (lactones) is 1. The standard InChI is InChI=1S/C26H46N4O6/c1-5-34-23(31)18-26(24(32)35-6-2)8-12-28(13-9-26)19-22-20-30(25(33)36-22)11-7-10-27-14-16-29(17-15-27)21(3)4/h21-22H,5-20H2,1-4H3. The number of piperidine rings is 1. The smallest absolute Gasteiger partial charge is 0.410 e. The average molecular weight is 511 g/mol. The number of hydrogen-bond donors (Lipinski definition) is 0. The lowest BCUT2D eigenvalue weighted by Gasteiger charge is -2.39. The van der Waals surface area contributed by atoms with Gasteiger partial charge in [0.05, 0.1) is 31.6 Å². The minimum Gasteiger partial charge on any atom is -0.466 e. The molecule has 1 unspecified atom stereocenters. The van der Waals surface area contributed by atoms with E-state index in [1.54, 1.807) is 13.8 Å². The first-order chi connectivity index (χ1) is 17.3. The van der Waals surface area contributed by atoms with E-state index in [-0.39, 0.29) is 37.2 Å². The second-order valence-corrected chi connectivity index (χ2v) is 10.6. The third-order valence-electron chi connectivity index (χ3n) is 7.76. The predicted molar refractivity (Wildman–Crippen MR) is 136 cm³/mol. The molecule has 0 saturated carbocycles. The molecule has 0 aromatic rings. The van der Waals surface area contributed by atoms with Crippen molar-refractivity contribution >= 4 is 18.0 Å². The van der Waals surface area contributed by atoms with E-state index in [9.17, 15) is 14.4 Å². The molecule has 3 saturated heterocycles. The first-order valence-electron chi connectivity index (χ1n) is 13.7. The predicted octanol–water partition coefficient (Wildman–Crippen LogP) is 1.82. The maximum Gasteiger partial charge on any atom is 0.410 e. The van der Waals surface area contributed by atoms with Crippen LogP contribution in [0.2, 0.25) is 0 Å². The van der Waals surface area contributed by atoms with E-state index < -0.39 is 5.41 Å². The van der Waals surface area contributed by atoms with Crippen molar-refractivity contribution in [2.24, 2.45) is 5.41 Å². The van der Waals surface area contributed by atoms with Gasteiger partial charge in [0.2, 0.25) is 0 Å². The zero-order chi connectivity index (χ0) is 26.1. The van der Waals surface area contributed by atoms with Crippen LogP contribution in [0.1, 0.15) is 53.4 Å². The maximum absolute atomic E-state index is 12.7. The second-order valence-electron chi connectivity index (χ2n) is 10.6. The summed E-state index contributed by atoms with van der Waals surface area (Å²) in [5.41, 5.74) is -0.836. The summed E-state index contributed by atoms with van der Waals surface area (Å²) >= 11 is 0. The van der Waals surface area contributed by atoms with Crippen LogP contribution in [0.15, 0.2) is 0 Å². The van der Waals surface area contributed by atoms with Crippen LogP contribution in [0.3, 0.4) is 0 Å². The lowest BCUT2D eigenvalue weighted by molar-refractivity contribution is -0.165. The summed E-state index contributed by atoms with van der Waals surface area (Å²) in [6.45, 7) is 17.2. The maximum atomic E-state index is 12.7. The third kappa shape index (κ3) is 7.79. The van der Waals surface area contributed by atoms with Gasteiger partial charge in [-0.15, -0.1) is 0 Å². The van der Waals surface area contributed by atoms with Gasteiger partial charge >= 0.3 is 18.0 Å². The van der Waals surface area contributed by atoms with Gasteiger partial charge in [-0.25, -0.2) is 4.79 Å². The minimum atomic E-state index is -0.836. The number of carbonyl (C=O) groups excluding carboxylic acids is 3. The monoisotopic (exact) mass is 510 g/mol. The molecule has 0 N–H and O–H groups in total. The van der Waals surface area contributed by atoms with Gasteiger partial charge in [-0.05, 0) is 66.6 Å². The summed E-state index contributed by atoms with van der Waals surface area (Å²) in [6.07, 6.45) is 1.64. The van der Waals surface area contributed by atoms with Gasteiger partial charge in [-0.2, -0.15) is 0 Å². The lowest BCUT2D eigenvalue weighted by Crippen LogP contribution is -2.49. The molecular formula is C26H46N4O6. The molecular weight excluding hydrogens is 464 g/mol. The topological polar surface area (TPSA) is 91.9 Å². The molecule has 0 bridgehead atoms. The molecule has 206 valence electrons. The Morgan fingerprint density at radius 1 is 0.972 bits per heavy atom. The highest BCUT2D eigenvalue weighted by Gasteiger charge is 2.45. The van der Waals surface area contributed by atoms with Crippen LogP contribution in [-0.4, -0.2) is 128 Å². The Morgan fingerprint density at radius 2 is 1.64 bits per heavy atom. The number of hydrogen-bond acceptors (Lipinski definition) is 9. The van der Waals surface area contributed by atoms with Crippen LogP contribution in [-0.2, 0) is 23.8 Å². The van der Waals surface area contributed by atoms with Crippen LogP contribution in [0, 0.1) is 5.41 Å². The van der Waals surface area contributed by atoms with Crippen molar-refractivity contribution in [3.8, 4) is 0 Å². The van der Waals surface area contributed by atoms with E-state index in [0.717, 1.165) is 39.1 Å². The molecule has 3 aliphatic rings. The van der Waals surface area contributed by atoms with Gasteiger partial charge in [0.1, 0.15) is 6.10 Å². The van der Waals surface area contributed by atoms with Crippen molar-refractivity contribution in [2.45, 2.75) is 65.5 Å². The summed E-state index contributed by atoms with van der Waals surface area (Å²) < 4.78 is 16.1. The third-order valence-corrected chi connectivity index (χ3v) is 7.76. The molecule has 1 atom stereocenters. The number of likely N-dealkylation sites (tertiary alicyclic amines) is 1. The van der Waals surface area contributed by atoms with Crippen LogP contribution in [0.5, 0.6) is 0 Å². The van der Waals surface area contributed by atoms with Crippen molar-refractivity contribution in [2.75, 3.05) is 78.7 Å². The Labute approximate surface area is 216 Å². The highest BCUT2D eigenvalue weighted by atomic mass is 16.6. The molecule has 10 heteroatoms. The highest BCUT2D eigenvalue weighted by molar-refractivity contribution is 5.83. The number of rotatable bonds is 12. The van der Waals surface area contributed by atoms with Gasteiger partial charge in [-0.1, -0.05) is 0 Å². The Bertz CT molecular complexity index is 732. The van der Waals surface area contributed by atoms with Crippen molar-refractivity contribution in [3.05, 3.63) is 0 Å². The van der Waals surface area contributed by atoms with Crippen LogP contribution in [0.25, 0.3) is 0 Å². The molecule has 0 aromatic carbocycles. The van der Waals surface area contributed by atoms with Gasteiger partial charge in [0.25, 0.3) is 0 Å². The Kier molecular flexibility index (Phi) is 10.8. The summed E-state index contributed by atoms with van der Waals surface area (Å²) in [7, 11) is 0. The number of esters is 2. The molecule has 0 radical (unpaired) electrons. The summed E-state index contributed by atoms with van der Waals surface area (Å²) in [5.74, 6) is -0.678. The highest BCUT2D eigenvalue weighted by Crippen LogP contribution is 2.37. The molecule has 1 amide bonds. The molecule has 10 nitrogen and oxygen atoms in total. The summed E-state index contributed by atoms with van der Waals surface area (Å²) in [4.78, 5) is 46.4. The zero-order valence-corrected chi connectivity index (χ0v) is 22.7. The average Bonchev–Trinajstić information content (AvgIpc) is 3.19. The molecule has 0 spiro atoms. The Balaban J connectivity index is 1.40. The molecule has 0 aliphatic carbocycles.